The number of halogens is 1. The molecule has 2 amide bonds. The number of hydrogen-bond acceptors (Lipinski definition) is 3. The number of unbranched alkanes of at least 4 members (excludes halogenated alkanes) is 1. The van der Waals surface area contributed by atoms with Crippen LogP contribution in [0.4, 0.5) is 5.69 Å². The van der Waals surface area contributed by atoms with Gasteiger partial charge in [-0.3, -0.25) is 9.59 Å². The van der Waals surface area contributed by atoms with Gasteiger partial charge in [0.1, 0.15) is 11.2 Å². The predicted molar refractivity (Wildman–Crippen MR) is 93.0 cm³/mol. The van der Waals surface area contributed by atoms with E-state index >= 15 is 0 Å². The number of methoxy groups -OCH3 is 1. The maximum absolute atomic E-state index is 12.6. The minimum atomic E-state index is -1.18. The smallest absolute Gasteiger partial charge is 0.239 e. The van der Waals surface area contributed by atoms with E-state index in [-0.39, 0.29) is 5.91 Å². The van der Waals surface area contributed by atoms with Crippen LogP contribution in [0.2, 0.25) is 5.02 Å². The van der Waals surface area contributed by atoms with Gasteiger partial charge in [-0.25, -0.2) is 0 Å². The lowest BCUT2D eigenvalue weighted by atomic mass is 9.90. The number of carbonyl (C=O) groups is 2. The Balaban J connectivity index is 2.91. The Kier molecular flexibility index (Phi) is 6.88. The molecule has 0 saturated carbocycles. The molecule has 6 heteroatoms. The Labute approximate surface area is 142 Å². The van der Waals surface area contributed by atoms with Gasteiger partial charge < -0.3 is 15.0 Å². The molecule has 0 unspecified atom stereocenters. The number of hydrogen-bond donors (Lipinski definition) is 1. The molecule has 5 nitrogen and oxygen atoms in total. The first-order valence-corrected chi connectivity index (χ1v) is 8.02. The summed E-state index contributed by atoms with van der Waals surface area (Å²) < 4.78 is 5.21. The normalized spacial score (nSPS) is 11.0. The van der Waals surface area contributed by atoms with Crippen LogP contribution in [0.5, 0.6) is 5.75 Å². The van der Waals surface area contributed by atoms with Crippen LogP contribution >= 0.6 is 11.6 Å². The quantitative estimate of drug-likeness (QED) is 0.772. The fraction of sp³-hybridized carbons (Fsp3) is 0.529. The summed E-state index contributed by atoms with van der Waals surface area (Å²) in [6.07, 6.45) is 1.89. The molecule has 0 spiro atoms. The Bertz CT molecular complexity index is 573. The average molecular weight is 341 g/mol. The van der Waals surface area contributed by atoms with Crippen molar-refractivity contribution in [2.24, 2.45) is 5.41 Å². The molecule has 0 aromatic heterocycles. The number of nitrogens with one attached hydrogen (secondary N) is 1. The molecule has 1 aromatic carbocycles. The highest BCUT2D eigenvalue weighted by atomic mass is 35.5. The second-order valence-corrected chi connectivity index (χ2v) is 6.44. The van der Waals surface area contributed by atoms with Crippen molar-refractivity contribution in [3.63, 3.8) is 0 Å². The van der Waals surface area contributed by atoms with E-state index in [1.165, 1.54) is 7.11 Å². The predicted octanol–water partition coefficient (Wildman–Crippen LogP) is 3.57. The lowest BCUT2D eigenvalue weighted by Gasteiger charge is -2.28. The Hall–Kier alpha value is -1.75. The van der Waals surface area contributed by atoms with Gasteiger partial charge in [-0.2, -0.15) is 0 Å². The van der Waals surface area contributed by atoms with Gasteiger partial charge in [-0.1, -0.05) is 24.9 Å². The summed E-state index contributed by atoms with van der Waals surface area (Å²) in [4.78, 5) is 26.7. The minimum Gasteiger partial charge on any atom is -0.495 e. The molecule has 23 heavy (non-hydrogen) atoms. The van der Waals surface area contributed by atoms with Gasteiger partial charge >= 0.3 is 0 Å². The van der Waals surface area contributed by atoms with Gasteiger partial charge in [-0.15, -0.1) is 0 Å². The molecule has 0 aliphatic carbocycles. The molecule has 0 atom stereocenters. The molecule has 128 valence electrons. The number of amides is 2. The molecule has 0 heterocycles. The highest BCUT2D eigenvalue weighted by Gasteiger charge is 2.38. The summed E-state index contributed by atoms with van der Waals surface area (Å²) in [6, 6.07) is 4.94. The fourth-order valence-electron chi connectivity index (χ4n) is 2.13. The van der Waals surface area contributed by atoms with Crippen molar-refractivity contribution < 1.29 is 14.3 Å². The first kappa shape index (κ1) is 19.3. The lowest BCUT2D eigenvalue weighted by Crippen LogP contribution is -2.46. The van der Waals surface area contributed by atoms with Gasteiger partial charge in [0.25, 0.3) is 0 Å². The number of anilines is 1. The Morgan fingerprint density at radius 1 is 1.35 bits per heavy atom. The summed E-state index contributed by atoms with van der Waals surface area (Å²) in [6.45, 7) is 5.92. The van der Waals surface area contributed by atoms with Crippen LogP contribution in [0.1, 0.15) is 33.6 Å². The summed E-state index contributed by atoms with van der Waals surface area (Å²) in [5.74, 6) is -0.124. The molecule has 0 fully saturated rings. The van der Waals surface area contributed by atoms with E-state index in [1.54, 1.807) is 44.0 Å². The molecule has 1 aromatic rings. The second-order valence-electron chi connectivity index (χ2n) is 6.00. The van der Waals surface area contributed by atoms with E-state index < -0.39 is 11.3 Å². The molecule has 1 N–H and O–H groups in total. The highest BCUT2D eigenvalue weighted by molar-refractivity contribution is 6.31. The van der Waals surface area contributed by atoms with E-state index in [0.717, 1.165) is 12.8 Å². The van der Waals surface area contributed by atoms with Crippen LogP contribution in [0.25, 0.3) is 0 Å². The molecule has 0 saturated heterocycles. The largest absolute Gasteiger partial charge is 0.495 e. The third kappa shape index (κ3) is 4.86. The lowest BCUT2D eigenvalue weighted by molar-refractivity contribution is -0.145. The van der Waals surface area contributed by atoms with Crippen LogP contribution in [-0.4, -0.2) is 37.4 Å². The van der Waals surface area contributed by atoms with E-state index in [9.17, 15) is 9.59 Å². The maximum Gasteiger partial charge on any atom is 0.239 e. The molecule has 0 aliphatic rings. The summed E-state index contributed by atoms with van der Waals surface area (Å²) >= 11 is 5.96. The fourth-order valence-corrected chi connectivity index (χ4v) is 2.30. The van der Waals surface area contributed by atoms with Gasteiger partial charge in [0, 0.05) is 18.6 Å². The van der Waals surface area contributed by atoms with Crippen molar-refractivity contribution in [3.8, 4) is 5.75 Å². The first-order chi connectivity index (χ1) is 10.7. The van der Waals surface area contributed by atoms with Gasteiger partial charge in [0.2, 0.25) is 11.8 Å². The van der Waals surface area contributed by atoms with Crippen molar-refractivity contribution in [1.82, 2.24) is 4.90 Å². The summed E-state index contributed by atoms with van der Waals surface area (Å²) in [5, 5.41) is 3.22. The second kappa shape index (κ2) is 8.20. The number of carbonyl (C=O) groups excluding carboxylic acids is 2. The Morgan fingerprint density at radius 2 is 2.00 bits per heavy atom. The van der Waals surface area contributed by atoms with Crippen LogP contribution < -0.4 is 10.1 Å². The highest BCUT2D eigenvalue weighted by Crippen LogP contribution is 2.30. The van der Waals surface area contributed by atoms with Crippen molar-refractivity contribution in [2.45, 2.75) is 33.6 Å². The zero-order valence-electron chi connectivity index (χ0n) is 14.4. The van der Waals surface area contributed by atoms with Crippen molar-refractivity contribution >= 4 is 29.1 Å². The monoisotopic (exact) mass is 340 g/mol. The number of ether oxygens (including phenoxy) is 1. The van der Waals surface area contributed by atoms with E-state index in [4.69, 9.17) is 16.3 Å². The SMILES string of the molecule is CCCCN(C)C(=O)C(C)(C)C(=O)Nc1cc(Cl)ccc1OC. The number of benzene rings is 1. The third-order valence-corrected chi connectivity index (χ3v) is 3.94. The van der Waals surface area contributed by atoms with Crippen LogP contribution in [0.15, 0.2) is 18.2 Å². The van der Waals surface area contributed by atoms with Crippen LogP contribution in [-0.2, 0) is 9.59 Å². The minimum absolute atomic E-state index is 0.218. The zero-order valence-corrected chi connectivity index (χ0v) is 15.2. The molecule has 1 rings (SSSR count). The molecule has 0 aliphatic heterocycles. The summed E-state index contributed by atoms with van der Waals surface area (Å²) in [7, 11) is 3.22. The van der Waals surface area contributed by atoms with E-state index in [1.807, 2.05) is 0 Å². The average Bonchev–Trinajstić information content (AvgIpc) is 2.51. The molecule has 0 bridgehead atoms. The number of rotatable bonds is 7. The van der Waals surface area contributed by atoms with Crippen LogP contribution in [0.3, 0.4) is 0 Å². The first-order valence-electron chi connectivity index (χ1n) is 7.64. The van der Waals surface area contributed by atoms with Crippen molar-refractivity contribution in [3.05, 3.63) is 23.2 Å². The van der Waals surface area contributed by atoms with Crippen molar-refractivity contribution in [1.29, 1.82) is 0 Å². The summed E-state index contributed by atoms with van der Waals surface area (Å²) in [5.41, 5.74) is -0.738. The molecular weight excluding hydrogens is 316 g/mol. The van der Waals surface area contributed by atoms with E-state index in [0.29, 0.717) is 23.0 Å². The zero-order chi connectivity index (χ0) is 17.6. The van der Waals surface area contributed by atoms with Gasteiger partial charge in [0.15, 0.2) is 0 Å². The number of nitrogens with zero attached hydrogens (tertiary/aromatic N) is 1. The topological polar surface area (TPSA) is 58.6 Å². The Morgan fingerprint density at radius 3 is 2.57 bits per heavy atom. The van der Waals surface area contributed by atoms with Gasteiger partial charge in [0.05, 0.1) is 12.8 Å². The van der Waals surface area contributed by atoms with Gasteiger partial charge in [-0.05, 0) is 38.5 Å². The standard InChI is InChI=1S/C17H25ClN2O3/c1-6-7-10-20(4)16(22)17(2,3)15(21)19-13-11-12(18)8-9-14(13)23-5/h8-9,11H,6-7,10H2,1-5H3,(H,19,21). The van der Waals surface area contributed by atoms with Crippen LogP contribution in [0, 0.1) is 5.41 Å². The third-order valence-electron chi connectivity index (χ3n) is 3.71. The van der Waals surface area contributed by atoms with E-state index in [2.05, 4.69) is 12.2 Å². The molecular formula is C17H25ClN2O3. The van der Waals surface area contributed by atoms with Crippen molar-refractivity contribution in [2.75, 3.05) is 26.0 Å². The molecule has 0 radical (unpaired) electrons. The maximum atomic E-state index is 12.6.